The smallest absolute Gasteiger partial charge is 0.338 e. The van der Waals surface area contributed by atoms with E-state index in [0.29, 0.717) is 38.2 Å². The Labute approximate surface area is 302 Å². The predicted octanol–water partition coefficient (Wildman–Crippen LogP) is 9.15. The molecule has 50 heavy (non-hydrogen) atoms. The fraction of sp³-hybridized carbons (Fsp3) is 0.350. The van der Waals surface area contributed by atoms with E-state index in [1.807, 2.05) is 59.5 Å². The molecule has 0 spiro atoms. The maximum Gasteiger partial charge on any atom is 0.416 e. The summed E-state index contributed by atoms with van der Waals surface area (Å²) in [6.45, 7) is 5.59. The maximum atomic E-state index is 14.5. The van der Waals surface area contributed by atoms with Gasteiger partial charge in [0, 0.05) is 56.6 Å². The third-order valence-electron chi connectivity index (χ3n) is 9.01. The zero-order valence-corrected chi connectivity index (χ0v) is 29.8. The molecule has 0 N–H and O–H groups in total. The van der Waals surface area contributed by atoms with Crippen LogP contribution in [0, 0.1) is 0 Å². The van der Waals surface area contributed by atoms with Gasteiger partial charge in [0.15, 0.2) is 0 Å². The molecule has 1 saturated heterocycles. The molecule has 1 aliphatic rings. The molecule has 0 aliphatic carbocycles. The Morgan fingerprint density at radius 3 is 2.16 bits per heavy atom. The molecule has 5 rings (SSSR count). The van der Waals surface area contributed by atoms with Crippen LogP contribution in [0.1, 0.15) is 58.9 Å². The van der Waals surface area contributed by atoms with Gasteiger partial charge < -0.3 is 9.80 Å². The first-order chi connectivity index (χ1) is 24.1. The van der Waals surface area contributed by atoms with Crippen LogP contribution in [0.4, 0.5) is 13.2 Å². The van der Waals surface area contributed by atoms with Crippen LogP contribution in [0.25, 0.3) is 6.08 Å². The van der Waals surface area contributed by atoms with Crippen molar-refractivity contribution in [3.8, 4) is 0 Å². The average Bonchev–Trinajstić information content (AvgIpc) is 3.53. The van der Waals surface area contributed by atoms with Crippen LogP contribution in [0.3, 0.4) is 0 Å². The lowest BCUT2D eigenvalue weighted by molar-refractivity contribution is -0.145. The highest BCUT2D eigenvalue weighted by Crippen LogP contribution is 2.29. The summed E-state index contributed by atoms with van der Waals surface area (Å²) >= 11 is 7.69. The van der Waals surface area contributed by atoms with Crippen LogP contribution >= 0.6 is 22.9 Å². The van der Waals surface area contributed by atoms with Crippen LogP contribution < -0.4 is 0 Å². The molecule has 1 aromatic heterocycles. The molecule has 0 unspecified atom stereocenters. The van der Waals surface area contributed by atoms with E-state index in [1.165, 1.54) is 34.7 Å². The molecule has 1 atom stereocenters. The number of carbonyl (C=O) groups is 2. The van der Waals surface area contributed by atoms with Gasteiger partial charge in [-0.25, -0.2) is 0 Å². The minimum absolute atomic E-state index is 0.125. The fourth-order valence-corrected chi connectivity index (χ4v) is 7.27. The van der Waals surface area contributed by atoms with Crippen LogP contribution in [-0.2, 0) is 41.7 Å². The standard InChI is InChI=1S/C40H43ClF3N3O2S/c1-2-3-5-8-30-11-13-33(14-12-30)28-47(38(48)22-17-31-15-18-34(19-16-31)40(42,43)44)36(27-32-9-6-4-7-10-32)39(49)46-25-23-45(24-26-46)29-35-20-21-37(41)50-35/h4,6-7,9-22,36H,2-3,5,8,23-29H2,1H3/t36-/m0/s1. The van der Waals surface area contributed by atoms with E-state index in [9.17, 15) is 22.8 Å². The Kier molecular flexibility index (Phi) is 13.3. The minimum Gasteiger partial charge on any atom is -0.338 e. The second-order valence-corrected chi connectivity index (χ2v) is 14.5. The van der Waals surface area contributed by atoms with Crippen molar-refractivity contribution in [1.29, 1.82) is 0 Å². The number of amides is 2. The van der Waals surface area contributed by atoms with E-state index in [0.717, 1.165) is 59.8 Å². The molecule has 264 valence electrons. The first kappa shape index (κ1) is 37.3. The number of halogens is 4. The van der Waals surface area contributed by atoms with E-state index in [-0.39, 0.29) is 18.4 Å². The summed E-state index contributed by atoms with van der Waals surface area (Å²) in [5.74, 6) is -0.514. The van der Waals surface area contributed by atoms with Crippen molar-refractivity contribution in [2.45, 2.75) is 64.3 Å². The molecular weight excluding hydrogens is 679 g/mol. The normalized spacial score (nSPS) is 14.6. The molecule has 0 bridgehead atoms. The number of hydrogen-bond acceptors (Lipinski definition) is 4. The lowest BCUT2D eigenvalue weighted by atomic mass is 10.0. The highest BCUT2D eigenvalue weighted by atomic mass is 35.5. The minimum atomic E-state index is -4.45. The van der Waals surface area contributed by atoms with Crippen LogP contribution in [0.5, 0.6) is 0 Å². The summed E-state index contributed by atoms with van der Waals surface area (Å²) in [5, 5.41) is 0. The first-order valence-electron chi connectivity index (χ1n) is 17.1. The van der Waals surface area contributed by atoms with Crippen molar-refractivity contribution in [2.24, 2.45) is 0 Å². The third-order valence-corrected chi connectivity index (χ3v) is 10.2. The number of carbonyl (C=O) groups excluding carboxylic acids is 2. The third kappa shape index (κ3) is 10.8. The van der Waals surface area contributed by atoms with Crippen molar-refractivity contribution < 1.29 is 22.8 Å². The van der Waals surface area contributed by atoms with Crippen molar-refractivity contribution in [1.82, 2.24) is 14.7 Å². The van der Waals surface area contributed by atoms with Crippen LogP contribution in [-0.4, -0.2) is 58.7 Å². The van der Waals surface area contributed by atoms with Gasteiger partial charge in [-0.05, 0) is 65.4 Å². The van der Waals surface area contributed by atoms with Crippen LogP contribution in [0.2, 0.25) is 4.34 Å². The fourth-order valence-electron chi connectivity index (χ4n) is 6.14. The largest absolute Gasteiger partial charge is 0.416 e. The highest BCUT2D eigenvalue weighted by molar-refractivity contribution is 7.16. The first-order valence-corrected chi connectivity index (χ1v) is 18.3. The second kappa shape index (κ2) is 17.8. The van der Waals surface area contributed by atoms with E-state index < -0.39 is 17.8 Å². The summed E-state index contributed by atoms with van der Waals surface area (Å²) in [6.07, 6.45) is 3.13. The number of rotatable bonds is 14. The number of nitrogens with zero attached hydrogens (tertiary/aromatic N) is 3. The Morgan fingerprint density at radius 2 is 1.54 bits per heavy atom. The van der Waals surface area contributed by atoms with Gasteiger partial charge in [0.2, 0.25) is 11.8 Å². The van der Waals surface area contributed by atoms with Crippen LogP contribution in [0.15, 0.2) is 97.1 Å². The van der Waals surface area contributed by atoms with Gasteiger partial charge in [-0.2, -0.15) is 13.2 Å². The van der Waals surface area contributed by atoms with Gasteiger partial charge in [0.05, 0.1) is 9.90 Å². The molecule has 5 nitrogen and oxygen atoms in total. The Hall–Kier alpha value is -3.92. The SMILES string of the molecule is CCCCCc1ccc(CN(C(=O)C=Cc2ccc(C(F)(F)F)cc2)[C@@H](Cc2ccccc2)C(=O)N2CCN(Cc3ccc(Cl)s3)CC2)cc1. The van der Waals surface area contributed by atoms with Gasteiger partial charge in [-0.15, -0.1) is 11.3 Å². The number of benzene rings is 3. The van der Waals surface area contributed by atoms with Gasteiger partial charge in [-0.1, -0.05) is 98.1 Å². The number of alkyl halides is 3. The molecule has 3 aromatic carbocycles. The highest BCUT2D eigenvalue weighted by Gasteiger charge is 2.34. The Bertz CT molecular complexity index is 1700. The monoisotopic (exact) mass is 721 g/mol. The maximum absolute atomic E-state index is 14.5. The topological polar surface area (TPSA) is 43.9 Å². The number of unbranched alkanes of at least 4 members (excludes halogenated alkanes) is 2. The summed E-state index contributed by atoms with van der Waals surface area (Å²) in [4.78, 5) is 35.6. The van der Waals surface area contributed by atoms with E-state index in [2.05, 4.69) is 24.0 Å². The van der Waals surface area contributed by atoms with Gasteiger partial charge >= 0.3 is 6.18 Å². The van der Waals surface area contributed by atoms with E-state index in [1.54, 1.807) is 16.2 Å². The van der Waals surface area contributed by atoms with Gasteiger partial charge in [-0.3, -0.25) is 14.5 Å². The summed E-state index contributed by atoms with van der Waals surface area (Å²) in [7, 11) is 0. The van der Waals surface area contributed by atoms with Crippen molar-refractivity contribution >= 4 is 40.8 Å². The van der Waals surface area contributed by atoms with Crippen molar-refractivity contribution in [2.75, 3.05) is 26.2 Å². The molecule has 0 saturated carbocycles. The lowest BCUT2D eigenvalue weighted by Crippen LogP contribution is -2.56. The Balaban J connectivity index is 1.40. The van der Waals surface area contributed by atoms with E-state index in [4.69, 9.17) is 11.6 Å². The number of aryl methyl sites for hydroxylation is 1. The summed E-state index contributed by atoms with van der Waals surface area (Å²) in [5.41, 5.74) is 2.74. The molecule has 4 aromatic rings. The molecular formula is C40H43ClF3N3O2S. The zero-order valence-electron chi connectivity index (χ0n) is 28.2. The molecule has 1 fully saturated rings. The van der Waals surface area contributed by atoms with E-state index >= 15 is 0 Å². The zero-order chi connectivity index (χ0) is 35.5. The lowest BCUT2D eigenvalue weighted by Gasteiger charge is -2.39. The Morgan fingerprint density at radius 1 is 0.860 bits per heavy atom. The summed E-state index contributed by atoms with van der Waals surface area (Å²) < 4.78 is 40.2. The quantitative estimate of drug-likeness (QED) is 0.0964. The number of hydrogen-bond donors (Lipinski definition) is 0. The molecule has 2 amide bonds. The van der Waals surface area contributed by atoms with Gasteiger partial charge in [0.25, 0.3) is 0 Å². The molecule has 0 radical (unpaired) electrons. The molecule has 1 aliphatic heterocycles. The molecule has 10 heteroatoms. The number of thiophene rings is 1. The van der Waals surface area contributed by atoms with Crippen molar-refractivity contribution in [3.05, 3.63) is 134 Å². The predicted molar refractivity (Wildman–Crippen MR) is 196 cm³/mol. The summed E-state index contributed by atoms with van der Waals surface area (Å²) in [6, 6.07) is 25.7. The van der Waals surface area contributed by atoms with Crippen molar-refractivity contribution in [3.63, 3.8) is 0 Å². The number of piperazine rings is 1. The molecule has 2 heterocycles. The van der Waals surface area contributed by atoms with Gasteiger partial charge in [0.1, 0.15) is 6.04 Å². The second-order valence-electron chi connectivity index (χ2n) is 12.7. The average molecular weight is 722 g/mol.